The average molecular weight is 321 g/mol. The average Bonchev–Trinajstić information content (AvgIpc) is 2.61. The summed E-state index contributed by atoms with van der Waals surface area (Å²) in [7, 11) is 0. The predicted molar refractivity (Wildman–Crippen MR) is 69.8 cm³/mol. The lowest BCUT2D eigenvalue weighted by molar-refractivity contribution is 0.210. The van der Waals surface area contributed by atoms with Crippen LogP contribution in [0, 0.1) is 11.3 Å². The Hall–Kier alpha value is -0.120. The lowest BCUT2D eigenvalue weighted by Crippen LogP contribution is -2.44. The second-order valence-corrected chi connectivity index (χ2v) is 6.13. The number of halogens is 2. The molecule has 2 heterocycles. The summed E-state index contributed by atoms with van der Waals surface area (Å²) in [5.41, 5.74) is 0. The summed E-state index contributed by atoms with van der Waals surface area (Å²) in [6, 6.07) is 4.13. The molecule has 1 fully saturated rings. The first-order valence-electron chi connectivity index (χ1n) is 5.01. The second-order valence-electron chi connectivity index (χ2n) is 3.59. The van der Waals surface area contributed by atoms with Gasteiger partial charge in [0, 0.05) is 35.5 Å². The van der Waals surface area contributed by atoms with Gasteiger partial charge < -0.3 is 5.32 Å². The Bertz CT molecular complexity index is 389. The number of thiophene rings is 1. The molecular formula is C10H11BrClN3S. The van der Waals surface area contributed by atoms with Crippen LogP contribution in [-0.2, 0) is 0 Å². The molecule has 1 saturated heterocycles. The molecule has 1 aliphatic rings. The first-order valence-corrected chi connectivity index (χ1v) is 7.00. The highest BCUT2D eigenvalue weighted by molar-refractivity contribution is 9.10. The zero-order chi connectivity index (χ0) is 11.5. The largest absolute Gasteiger partial charge is 0.314 e. The number of rotatable bonds is 2. The topological polar surface area (TPSA) is 39.1 Å². The van der Waals surface area contributed by atoms with Gasteiger partial charge in [0.25, 0.3) is 0 Å². The van der Waals surface area contributed by atoms with E-state index in [1.165, 1.54) is 11.3 Å². The molecule has 1 aromatic heterocycles. The van der Waals surface area contributed by atoms with Crippen molar-refractivity contribution in [1.82, 2.24) is 10.2 Å². The van der Waals surface area contributed by atoms with Gasteiger partial charge in [-0.3, -0.25) is 4.90 Å². The van der Waals surface area contributed by atoms with Crippen LogP contribution in [0.4, 0.5) is 0 Å². The molecule has 0 aliphatic carbocycles. The van der Waals surface area contributed by atoms with Gasteiger partial charge in [-0.2, -0.15) is 5.26 Å². The van der Waals surface area contributed by atoms with Gasteiger partial charge >= 0.3 is 0 Å². The molecule has 0 saturated carbocycles. The zero-order valence-electron chi connectivity index (χ0n) is 8.54. The number of piperazine rings is 1. The first-order chi connectivity index (χ1) is 7.72. The van der Waals surface area contributed by atoms with E-state index in [1.807, 2.05) is 6.07 Å². The molecule has 3 nitrogen and oxygen atoms in total. The normalized spacial score (nSPS) is 19.3. The van der Waals surface area contributed by atoms with Crippen LogP contribution in [0.3, 0.4) is 0 Å². The van der Waals surface area contributed by atoms with Crippen molar-refractivity contribution >= 4 is 38.9 Å². The maximum atomic E-state index is 9.27. The fourth-order valence-corrected chi connectivity index (χ4v) is 3.58. The summed E-state index contributed by atoms with van der Waals surface area (Å²) in [6.07, 6.45) is 0. The predicted octanol–water partition coefficient (Wildman–Crippen LogP) is 2.63. The minimum absolute atomic E-state index is 0.170. The third-order valence-electron chi connectivity index (χ3n) is 2.57. The van der Waals surface area contributed by atoms with E-state index in [4.69, 9.17) is 11.6 Å². The molecule has 1 aromatic rings. The van der Waals surface area contributed by atoms with Crippen LogP contribution in [0.5, 0.6) is 0 Å². The van der Waals surface area contributed by atoms with Gasteiger partial charge in [0.2, 0.25) is 0 Å². The Balaban J connectivity index is 2.18. The molecule has 0 bridgehead atoms. The highest BCUT2D eigenvalue weighted by Crippen LogP contribution is 2.36. The van der Waals surface area contributed by atoms with Crippen LogP contribution >= 0.6 is 38.9 Å². The third kappa shape index (κ3) is 2.58. The van der Waals surface area contributed by atoms with Gasteiger partial charge in [-0.05, 0) is 22.0 Å². The summed E-state index contributed by atoms with van der Waals surface area (Å²) in [4.78, 5) is 3.20. The Kier molecular flexibility index (Phi) is 4.22. The summed E-state index contributed by atoms with van der Waals surface area (Å²) >= 11 is 10.9. The molecule has 86 valence electrons. The van der Waals surface area contributed by atoms with Gasteiger partial charge in [-0.1, -0.05) is 11.6 Å². The van der Waals surface area contributed by atoms with Crippen LogP contribution in [0.2, 0.25) is 4.34 Å². The number of hydrogen-bond donors (Lipinski definition) is 1. The van der Waals surface area contributed by atoms with Crippen LogP contribution in [0.25, 0.3) is 0 Å². The first kappa shape index (κ1) is 12.3. The number of hydrogen-bond acceptors (Lipinski definition) is 4. The molecule has 0 radical (unpaired) electrons. The zero-order valence-corrected chi connectivity index (χ0v) is 11.7. The monoisotopic (exact) mass is 319 g/mol. The SMILES string of the molecule is N#CC(c1cc(Br)c(Cl)s1)N1CCNCC1. The Labute approximate surface area is 112 Å². The molecule has 1 unspecified atom stereocenters. The van der Waals surface area contributed by atoms with E-state index < -0.39 is 0 Å². The van der Waals surface area contributed by atoms with Gasteiger partial charge in [0.15, 0.2) is 0 Å². The van der Waals surface area contributed by atoms with Gasteiger partial charge in [0.1, 0.15) is 10.4 Å². The van der Waals surface area contributed by atoms with E-state index in [0.717, 1.165) is 35.5 Å². The highest BCUT2D eigenvalue weighted by atomic mass is 79.9. The fraction of sp³-hybridized carbons (Fsp3) is 0.500. The summed E-state index contributed by atoms with van der Waals surface area (Å²) in [6.45, 7) is 3.70. The Morgan fingerprint density at radius 2 is 2.25 bits per heavy atom. The number of nitriles is 1. The number of nitrogens with zero attached hydrogens (tertiary/aromatic N) is 2. The smallest absolute Gasteiger partial charge is 0.133 e. The van der Waals surface area contributed by atoms with E-state index in [9.17, 15) is 5.26 Å². The van der Waals surface area contributed by atoms with Crippen molar-refractivity contribution in [3.63, 3.8) is 0 Å². The van der Waals surface area contributed by atoms with E-state index >= 15 is 0 Å². The van der Waals surface area contributed by atoms with Crippen molar-refractivity contribution in [2.45, 2.75) is 6.04 Å². The van der Waals surface area contributed by atoms with Crippen molar-refractivity contribution in [3.05, 3.63) is 19.8 Å². The molecular weight excluding hydrogens is 310 g/mol. The van der Waals surface area contributed by atoms with Crippen LogP contribution in [-0.4, -0.2) is 31.1 Å². The van der Waals surface area contributed by atoms with Crippen molar-refractivity contribution in [2.24, 2.45) is 0 Å². The van der Waals surface area contributed by atoms with Gasteiger partial charge in [-0.25, -0.2) is 0 Å². The van der Waals surface area contributed by atoms with Crippen LogP contribution in [0.15, 0.2) is 10.5 Å². The van der Waals surface area contributed by atoms with Crippen molar-refractivity contribution in [2.75, 3.05) is 26.2 Å². The molecule has 16 heavy (non-hydrogen) atoms. The lowest BCUT2D eigenvalue weighted by atomic mass is 10.2. The van der Waals surface area contributed by atoms with Gasteiger partial charge in [0.05, 0.1) is 6.07 Å². The summed E-state index contributed by atoms with van der Waals surface area (Å²) in [5, 5.41) is 12.5. The maximum Gasteiger partial charge on any atom is 0.133 e. The minimum atomic E-state index is -0.170. The fourth-order valence-electron chi connectivity index (χ4n) is 1.76. The lowest BCUT2D eigenvalue weighted by Gasteiger charge is -2.30. The van der Waals surface area contributed by atoms with Crippen LogP contribution in [0.1, 0.15) is 10.9 Å². The molecule has 0 spiro atoms. The number of nitrogens with one attached hydrogen (secondary N) is 1. The standard InChI is InChI=1S/C10H11BrClN3S/c11-7-5-9(16-10(7)12)8(6-13)15-3-1-14-2-4-15/h5,8,14H,1-4H2. The molecule has 2 rings (SSSR count). The molecule has 1 N–H and O–H groups in total. The minimum Gasteiger partial charge on any atom is -0.314 e. The Morgan fingerprint density at radius 1 is 1.56 bits per heavy atom. The molecule has 1 atom stereocenters. The molecule has 0 aromatic carbocycles. The van der Waals surface area contributed by atoms with Gasteiger partial charge in [-0.15, -0.1) is 11.3 Å². The van der Waals surface area contributed by atoms with Crippen LogP contribution < -0.4 is 5.32 Å². The summed E-state index contributed by atoms with van der Waals surface area (Å²) in [5.74, 6) is 0. The van der Waals surface area contributed by atoms with Crippen molar-refractivity contribution < 1.29 is 0 Å². The van der Waals surface area contributed by atoms with E-state index in [1.54, 1.807) is 0 Å². The maximum absolute atomic E-state index is 9.27. The highest BCUT2D eigenvalue weighted by Gasteiger charge is 2.24. The summed E-state index contributed by atoms with van der Waals surface area (Å²) < 4.78 is 1.59. The van der Waals surface area contributed by atoms with E-state index in [0.29, 0.717) is 4.34 Å². The van der Waals surface area contributed by atoms with E-state index in [-0.39, 0.29) is 6.04 Å². The quantitative estimate of drug-likeness (QED) is 0.910. The third-order valence-corrected chi connectivity index (χ3v) is 5.10. The molecule has 6 heteroatoms. The Morgan fingerprint density at radius 3 is 2.75 bits per heavy atom. The van der Waals surface area contributed by atoms with Crippen molar-refractivity contribution in [1.29, 1.82) is 5.26 Å². The van der Waals surface area contributed by atoms with E-state index in [2.05, 4.69) is 32.2 Å². The second kappa shape index (κ2) is 5.48. The molecule has 0 amide bonds. The molecule has 1 aliphatic heterocycles. The van der Waals surface area contributed by atoms with Crippen molar-refractivity contribution in [3.8, 4) is 6.07 Å².